The first-order valence-electron chi connectivity index (χ1n) is 6.56. The van der Waals surface area contributed by atoms with Crippen LogP contribution >= 0.6 is 23.2 Å². The third-order valence-electron chi connectivity index (χ3n) is 3.34. The van der Waals surface area contributed by atoms with Gasteiger partial charge in [-0.1, -0.05) is 23.2 Å². The number of morpholine rings is 1. The Kier molecular flexibility index (Phi) is 4.32. The SMILES string of the molecule is Clc1ccc(-c2ccc(CN3CCOCC3)o2)c(Cl)c1. The van der Waals surface area contributed by atoms with E-state index in [1.54, 1.807) is 6.07 Å². The minimum atomic E-state index is 0.602. The van der Waals surface area contributed by atoms with Gasteiger partial charge in [-0.3, -0.25) is 4.90 Å². The molecule has 0 radical (unpaired) electrons. The van der Waals surface area contributed by atoms with E-state index < -0.39 is 0 Å². The van der Waals surface area contributed by atoms with Gasteiger partial charge in [-0.2, -0.15) is 0 Å². The number of rotatable bonds is 3. The third kappa shape index (κ3) is 3.18. The van der Waals surface area contributed by atoms with Crippen LogP contribution in [-0.2, 0) is 11.3 Å². The number of hydrogen-bond donors (Lipinski definition) is 0. The fourth-order valence-corrected chi connectivity index (χ4v) is 2.78. The molecule has 1 aliphatic rings. The van der Waals surface area contributed by atoms with Gasteiger partial charge in [0.15, 0.2) is 0 Å². The van der Waals surface area contributed by atoms with Gasteiger partial charge in [-0.25, -0.2) is 0 Å². The summed E-state index contributed by atoms with van der Waals surface area (Å²) in [5.74, 6) is 1.71. The quantitative estimate of drug-likeness (QED) is 0.854. The number of hydrogen-bond acceptors (Lipinski definition) is 3. The zero-order chi connectivity index (χ0) is 13.9. The van der Waals surface area contributed by atoms with Crippen LogP contribution in [-0.4, -0.2) is 31.2 Å². The first-order chi connectivity index (χ1) is 9.72. The molecule has 0 amide bonds. The van der Waals surface area contributed by atoms with Gasteiger partial charge in [0.25, 0.3) is 0 Å². The highest BCUT2D eigenvalue weighted by Gasteiger charge is 2.14. The molecule has 1 aromatic carbocycles. The van der Waals surface area contributed by atoms with Crippen LogP contribution in [0.1, 0.15) is 5.76 Å². The number of halogens is 2. The molecule has 1 aromatic heterocycles. The average molecular weight is 312 g/mol. The van der Waals surface area contributed by atoms with Crippen molar-refractivity contribution in [3.05, 3.63) is 46.1 Å². The fraction of sp³-hybridized carbons (Fsp3) is 0.333. The molecule has 3 nitrogen and oxygen atoms in total. The van der Waals surface area contributed by atoms with Gasteiger partial charge in [0.2, 0.25) is 0 Å². The van der Waals surface area contributed by atoms with Crippen LogP contribution in [0.25, 0.3) is 11.3 Å². The van der Waals surface area contributed by atoms with E-state index in [0.717, 1.165) is 49.9 Å². The van der Waals surface area contributed by atoms with E-state index in [9.17, 15) is 0 Å². The Balaban J connectivity index is 1.75. The van der Waals surface area contributed by atoms with Gasteiger partial charge in [-0.05, 0) is 30.3 Å². The maximum Gasteiger partial charge on any atom is 0.135 e. The number of furan rings is 1. The van der Waals surface area contributed by atoms with Crippen molar-refractivity contribution in [1.29, 1.82) is 0 Å². The fourth-order valence-electron chi connectivity index (χ4n) is 2.28. The molecule has 20 heavy (non-hydrogen) atoms. The minimum absolute atomic E-state index is 0.602. The Hall–Kier alpha value is -1.00. The highest BCUT2D eigenvalue weighted by Crippen LogP contribution is 2.31. The van der Waals surface area contributed by atoms with Crippen molar-refractivity contribution in [3.63, 3.8) is 0 Å². The average Bonchev–Trinajstić information content (AvgIpc) is 2.88. The van der Waals surface area contributed by atoms with Crippen molar-refractivity contribution in [2.24, 2.45) is 0 Å². The Morgan fingerprint density at radius 3 is 2.60 bits per heavy atom. The highest BCUT2D eigenvalue weighted by atomic mass is 35.5. The molecule has 0 unspecified atom stereocenters. The van der Waals surface area contributed by atoms with Crippen molar-refractivity contribution < 1.29 is 9.15 Å². The van der Waals surface area contributed by atoms with Crippen molar-refractivity contribution in [2.75, 3.05) is 26.3 Å². The second-order valence-electron chi connectivity index (χ2n) is 4.78. The second-order valence-corrected chi connectivity index (χ2v) is 5.62. The van der Waals surface area contributed by atoms with Crippen molar-refractivity contribution in [3.8, 4) is 11.3 Å². The van der Waals surface area contributed by atoms with E-state index >= 15 is 0 Å². The minimum Gasteiger partial charge on any atom is -0.460 e. The van der Waals surface area contributed by atoms with Crippen LogP contribution in [0.15, 0.2) is 34.7 Å². The largest absolute Gasteiger partial charge is 0.460 e. The maximum absolute atomic E-state index is 6.19. The Bertz CT molecular complexity index is 591. The van der Waals surface area contributed by atoms with Gasteiger partial charge < -0.3 is 9.15 Å². The molecular weight excluding hydrogens is 297 g/mol. The molecule has 0 atom stereocenters. The van der Waals surface area contributed by atoms with Gasteiger partial charge >= 0.3 is 0 Å². The van der Waals surface area contributed by atoms with Crippen molar-refractivity contribution >= 4 is 23.2 Å². The van der Waals surface area contributed by atoms with E-state index in [-0.39, 0.29) is 0 Å². The molecule has 106 valence electrons. The summed E-state index contributed by atoms with van der Waals surface area (Å²) in [5, 5.41) is 1.23. The summed E-state index contributed by atoms with van der Waals surface area (Å²) in [6, 6.07) is 9.36. The van der Waals surface area contributed by atoms with Crippen molar-refractivity contribution in [2.45, 2.75) is 6.54 Å². The summed E-state index contributed by atoms with van der Waals surface area (Å²) in [6.07, 6.45) is 0. The van der Waals surface area contributed by atoms with Gasteiger partial charge in [0, 0.05) is 23.7 Å². The van der Waals surface area contributed by atoms with Gasteiger partial charge in [0.05, 0.1) is 24.8 Å². The first kappa shape index (κ1) is 14.0. The van der Waals surface area contributed by atoms with Crippen LogP contribution in [0.2, 0.25) is 10.0 Å². The molecular formula is C15H15Cl2NO2. The summed E-state index contributed by atoms with van der Waals surface area (Å²) in [7, 11) is 0. The summed E-state index contributed by atoms with van der Waals surface area (Å²) in [5.41, 5.74) is 0.865. The molecule has 2 heterocycles. The van der Waals surface area contributed by atoms with E-state index in [1.807, 2.05) is 24.3 Å². The molecule has 1 aliphatic heterocycles. The number of nitrogens with zero attached hydrogens (tertiary/aromatic N) is 1. The van der Waals surface area contributed by atoms with Crippen LogP contribution in [0, 0.1) is 0 Å². The third-order valence-corrected chi connectivity index (χ3v) is 3.89. The Morgan fingerprint density at radius 2 is 1.85 bits per heavy atom. The smallest absolute Gasteiger partial charge is 0.135 e. The number of benzene rings is 1. The lowest BCUT2D eigenvalue weighted by Crippen LogP contribution is -2.35. The van der Waals surface area contributed by atoms with Crippen LogP contribution in [0.4, 0.5) is 0 Å². The highest BCUT2D eigenvalue weighted by molar-refractivity contribution is 6.36. The molecule has 3 rings (SSSR count). The summed E-state index contributed by atoms with van der Waals surface area (Å²) in [4.78, 5) is 2.32. The predicted molar refractivity (Wildman–Crippen MR) is 80.3 cm³/mol. The molecule has 0 aliphatic carbocycles. The van der Waals surface area contributed by atoms with Crippen molar-refractivity contribution in [1.82, 2.24) is 4.90 Å². The van der Waals surface area contributed by atoms with Gasteiger partial charge in [-0.15, -0.1) is 0 Å². The normalized spacial score (nSPS) is 16.5. The van der Waals surface area contributed by atoms with E-state index in [0.29, 0.717) is 10.0 Å². The molecule has 0 saturated carbocycles. The summed E-state index contributed by atoms with van der Waals surface area (Å²) in [6.45, 7) is 4.26. The van der Waals surface area contributed by atoms with E-state index in [2.05, 4.69) is 4.90 Å². The predicted octanol–water partition coefficient (Wildman–Crippen LogP) is 4.09. The Morgan fingerprint density at radius 1 is 1.05 bits per heavy atom. The zero-order valence-electron chi connectivity index (χ0n) is 10.9. The second kappa shape index (κ2) is 6.19. The molecule has 5 heteroatoms. The molecule has 1 fully saturated rings. The topological polar surface area (TPSA) is 25.6 Å². The maximum atomic E-state index is 6.19. The lowest BCUT2D eigenvalue weighted by atomic mass is 10.2. The van der Waals surface area contributed by atoms with Gasteiger partial charge in [0.1, 0.15) is 11.5 Å². The Labute approximate surface area is 128 Å². The van der Waals surface area contributed by atoms with Crippen LogP contribution in [0.5, 0.6) is 0 Å². The standard InChI is InChI=1S/C15H15Cl2NO2/c16-11-1-3-13(14(17)9-11)15-4-2-12(20-15)10-18-5-7-19-8-6-18/h1-4,9H,5-8,10H2. The summed E-state index contributed by atoms with van der Waals surface area (Å²) < 4.78 is 11.2. The number of ether oxygens (including phenoxy) is 1. The lowest BCUT2D eigenvalue weighted by molar-refractivity contribution is 0.0314. The molecule has 0 bridgehead atoms. The molecule has 2 aromatic rings. The van der Waals surface area contributed by atoms with Crippen LogP contribution < -0.4 is 0 Å². The van der Waals surface area contributed by atoms with E-state index in [4.69, 9.17) is 32.4 Å². The molecule has 0 spiro atoms. The lowest BCUT2D eigenvalue weighted by Gasteiger charge is -2.25. The zero-order valence-corrected chi connectivity index (χ0v) is 12.5. The first-order valence-corrected chi connectivity index (χ1v) is 7.32. The monoisotopic (exact) mass is 311 g/mol. The van der Waals surface area contributed by atoms with Crippen LogP contribution in [0.3, 0.4) is 0 Å². The molecule has 0 N–H and O–H groups in total. The molecule has 1 saturated heterocycles. The summed E-state index contributed by atoms with van der Waals surface area (Å²) >= 11 is 12.1. The van der Waals surface area contributed by atoms with E-state index in [1.165, 1.54) is 0 Å².